The summed E-state index contributed by atoms with van der Waals surface area (Å²) in [5.41, 5.74) is 7.36. The second-order valence-electron chi connectivity index (χ2n) is 4.88. The van der Waals surface area contributed by atoms with E-state index < -0.39 is 0 Å². The Morgan fingerprint density at radius 3 is 2.79 bits per heavy atom. The van der Waals surface area contributed by atoms with E-state index in [1.165, 1.54) is 12.8 Å². The highest BCUT2D eigenvalue weighted by Crippen LogP contribution is 2.21. The SMILES string of the molecule is COc1ccc(CNC(=O)NC2CCCC2)cc1N. The molecule has 1 aromatic carbocycles. The molecule has 5 heteroatoms. The molecule has 104 valence electrons. The fourth-order valence-electron chi connectivity index (χ4n) is 2.38. The standard InChI is InChI=1S/C14H21N3O2/c1-19-13-7-6-10(8-12(13)15)9-16-14(18)17-11-4-2-3-5-11/h6-8,11H,2-5,9,15H2,1H3,(H2,16,17,18). The van der Waals surface area contributed by atoms with E-state index in [4.69, 9.17) is 10.5 Å². The Bertz CT molecular complexity index is 442. The maximum absolute atomic E-state index is 11.7. The summed E-state index contributed by atoms with van der Waals surface area (Å²) in [6.45, 7) is 0.465. The van der Waals surface area contributed by atoms with Gasteiger partial charge in [-0.15, -0.1) is 0 Å². The van der Waals surface area contributed by atoms with Crippen LogP contribution in [0.2, 0.25) is 0 Å². The molecule has 4 N–H and O–H groups in total. The lowest BCUT2D eigenvalue weighted by molar-refractivity contribution is 0.236. The number of ether oxygens (including phenoxy) is 1. The number of methoxy groups -OCH3 is 1. The summed E-state index contributed by atoms with van der Waals surface area (Å²) in [6.07, 6.45) is 4.59. The van der Waals surface area contributed by atoms with E-state index in [1.807, 2.05) is 12.1 Å². The molecular formula is C14H21N3O2. The number of carbonyl (C=O) groups is 1. The average Bonchev–Trinajstić information content (AvgIpc) is 2.89. The quantitative estimate of drug-likeness (QED) is 0.727. The molecule has 1 aliphatic carbocycles. The summed E-state index contributed by atoms with van der Waals surface area (Å²) in [4.78, 5) is 11.7. The zero-order chi connectivity index (χ0) is 13.7. The zero-order valence-corrected chi connectivity index (χ0v) is 11.2. The van der Waals surface area contributed by atoms with E-state index >= 15 is 0 Å². The molecule has 0 unspecified atom stereocenters. The third kappa shape index (κ3) is 3.77. The first-order chi connectivity index (χ1) is 9.19. The van der Waals surface area contributed by atoms with Crippen LogP contribution in [0.15, 0.2) is 18.2 Å². The predicted octanol–water partition coefficient (Wildman–Crippen LogP) is 2.02. The van der Waals surface area contributed by atoms with Crippen molar-refractivity contribution < 1.29 is 9.53 Å². The summed E-state index contributed by atoms with van der Waals surface area (Å²) in [7, 11) is 1.58. The number of carbonyl (C=O) groups excluding carboxylic acids is 1. The largest absolute Gasteiger partial charge is 0.495 e. The minimum atomic E-state index is -0.110. The minimum Gasteiger partial charge on any atom is -0.495 e. The van der Waals surface area contributed by atoms with Crippen LogP contribution < -0.4 is 21.1 Å². The van der Waals surface area contributed by atoms with Gasteiger partial charge in [-0.05, 0) is 30.5 Å². The highest BCUT2D eigenvalue weighted by atomic mass is 16.5. The molecule has 1 saturated carbocycles. The molecule has 2 rings (SSSR count). The fourth-order valence-corrected chi connectivity index (χ4v) is 2.38. The van der Waals surface area contributed by atoms with Crippen LogP contribution in [0.25, 0.3) is 0 Å². The van der Waals surface area contributed by atoms with Gasteiger partial charge in [-0.3, -0.25) is 0 Å². The Hall–Kier alpha value is -1.91. The number of hydrogen-bond donors (Lipinski definition) is 3. The third-order valence-electron chi connectivity index (χ3n) is 3.44. The molecule has 1 aliphatic rings. The summed E-state index contributed by atoms with van der Waals surface area (Å²) < 4.78 is 5.09. The molecule has 0 radical (unpaired) electrons. The number of amides is 2. The number of urea groups is 1. The Morgan fingerprint density at radius 1 is 1.42 bits per heavy atom. The van der Waals surface area contributed by atoms with Gasteiger partial charge < -0.3 is 21.1 Å². The van der Waals surface area contributed by atoms with Crippen molar-refractivity contribution in [1.29, 1.82) is 0 Å². The molecule has 1 aromatic rings. The molecule has 1 fully saturated rings. The maximum Gasteiger partial charge on any atom is 0.315 e. The van der Waals surface area contributed by atoms with Crippen molar-refractivity contribution in [2.24, 2.45) is 0 Å². The van der Waals surface area contributed by atoms with E-state index in [0.29, 0.717) is 24.0 Å². The van der Waals surface area contributed by atoms with Gasteiger partial charge in [-0.2, -0.15) is 0 Å². The Labute approximate surface area is 113 Å². The van der Waals surface area contributed by atoms with Gasteiger partial charge in [0.25, 0.3) is 0 Å². The molecule has 2 amide bonds. The number of nitrogen functional groups attached to an aromatic ring is 1. The molecular weight excluding hydrogens is 242 g/mol. The number of rotatable bonds is 4. The number of nitrogens with one attached hydrogen (secondary N) is 2. The molecule has 0 heterocycles. The lowest BCUT2D eigenvalue weighted by Crippen LogP contribution is -2.40. The second-order valence-corrected chi connectivity index (χ2v) is 4.88. The Balaban J connectivity index is 1.81. The number of anilines is 1. The summed E-state index contributed by atoms with van der Waals surface area (Å²) in [5.74, 6) is 0.652. The van der Waals surface area contributed by atoms with Gasteiger partial charge in [0.2, 0.25) is 0 Å². The van der Waals surface area contributed by atoms with Crippen LogP contribution in [-0.4, -0.2) is 19.2 Å². The van der Waals surface area contributed by atoms with Gasteiger partial charge in [0, 0.05) is 12.6 Å². The fraction of sp³-hybridized carbons (Fsp3) is 0.500. The van der Waals surface area contributed by atoms with Gasteiger partial charge in [0.1, 0.15) is 5.75 Å². The van der Waals surface area contributed by atoms with Crippen molar-refractivity contribution in [1.82, 2.24) is 10.6 Å². The van der Waals surface area contributed by atoms with Crippen molar-refractivity contribution in [2.45, 2.75) is 38.3 Å². The first kappa shape index (κ1) is 13.5. The van der Waals surface area contributed by atoms with E-state index in [-0.39, 0.29) is 6.03 Å². The van der Waals surface area contributed by atoms with Crippen LogP contribution in [0.4, 0.5) is 10.5 Å². The van der Waals surface area contributed by atoms with E-state index in [1.54, 1.807) is 13.2 Å². The van der Waals surface area contributed by atoms with Crippen LogP contribution >= 0.6 is 0 Å². The normalized spacial score (nSPS) is 15.2. The molecule has 0 saturated heterocycles. The first-order valence-electron chi connectivity index (χ1n) is 6.66. The van der Waals surface area contributed by atoms with E-state index in [2.05, 4.69) is 10.6 Å². The van der Waals surface area contributed by atoms with Crippen molar-refractivity contribution in [3.05, 3.63) is 23.8 Å². The molecule has 0 aliphatic heterocycles. The van der Waals surface area contributed by atoms with Crippen LogP contribution in [0.3, 0.4) is 0 Å². The summed E-state index contributed by atoms with van der Waals surface area (Å²) in [6, 6.07) is 5.74. The monoisotopic (exact) mass is 263 g/mol. The molecule has 19 heavy (non-hydrogen) atoms. The summed E-state index contributed by atoms with van der Waals surface area (Å²) >= 11 is 0. The van der Waals surface area contributed by atoms with Crippen molar-refractivity contribution in [3.63, 3.8) is 0 Å². The lowest BCUT2D eigenvalue weighted by Gasteiger charge is -2.13. The third-order valence-corrected chi connectivity index (χ3v) is 3.44. The number of benzene rings is 1. The first-order valence-corrected chi connectivity index (χ1v) is 6.66. The highest BCUT2D eigenvalue weighted by molar-refractivity contribution is 5.74. The van der Waals surface area contributed by atoms with Crippen LogP contribution in [-0.2, 0) is 6.54 Å². The summed E-state index contributed by atoms with van der Waals surface area (Å²) in [5, 5.41) is 5.82. The minimum absolute atomic E-state index is 0.110. The van der Waals surface area contributed by atoms with E-state index in [9.17, 15) is 4.79 Å². The van der Waals surface area contributed by atoms with Gasteiger partial charge in [0.05, 0.1) is 12.8 Å². The lowest BCUT2D eigenvalue weighted by atomic mass is 10.2. The maximum atomic E-state index is 11.7. The number of nitrogens with two attached hydrogens (primary N) is 1. The smallest absolute Gasteiger partial charge is 0.315 e. The molecule has 0 atom stereocenters. The van der Waals surface area contributed by atoms with E-state index in [0.717, 1.165) is 18.4 Å². The second kappa shape index (κ2) is 6.31. The molecule has 0 aromatic heterocycles. The topological polar surface area (TPSA) is 76.4 Å². The molecule has 0 bridgehead atoms. The van der Waals surface area contributed by atoms with Gasteiger partial charge in [0.15, 0.2) is 0 Å². The molecule has 0 spiro atoms. The number of hydrogen-bond acceptors (Lipinski definition) is 3. The van der Waals surface area contributed by atoms with Gasteiger partial charge >= 0.3 is 6.03 Å². The predicted molar refractivity (Wildman–Crippen MR) is 75.0 cm³/mol. The van der Waals surface area contributed by atoms with Crippen molar-refractivity contribution in [3.8, 4) is 5.75 Å². The highest BCUT2D eigenvalue weighted by Gasteiger charge is 2.16. The van der Waals surface area contributed by atoms with Crippen LogP contribution in [0.1, 0.15) is 31.2 Å². The van der Waals surface area contributed by atoms with Gasteiger partial charge in [-0.25, -0.2) is 4.79 Å². The van der Waals surface area contributed by atoms with Crippen LogP contribution in [0, 0.1) is 0 Å². The van der Waals surface area contributed by atoms with Crippen molar-refractivity contribution >= 4 is 11.7 Å². The Morgan fingerprint density at radius 2 is 2.16 bits per heavy atom. The average molecular weight is 263 g/mol. The van der Waals surface area contributed by atoms with Crippen molar-refractivity contribution in [2.75, 3.05) is 12.8 Å². The zero-order valence-electron chi connectivity index (χ0n) is 11.2. The molecule has 5 nitrogen and oxygen atoms in total. The van der Waals surface area contributed by atoms with Gasteiger partial charge in [-0.1, -0.05) is 18.9 Å². The van der Waals surface area contributed by atoms with Crippen LogP contribution in [0.5, 0.6) is 5.75 Å². The Kier molecular flexibility index (Phi) is 4.49.